The van der Waals surface area contributed by atoms with Crippen LogP contribution in [-0.4, -0.2) is 31.6 Å². The van der Waals surface area contributed by atoms with Gasteiger partial charge in [0.1, 0.15) is 11.7 Å². The van der Waals surface area contributed by atoms with Gasteiger partial charge in [0.05, 0.1) is 5.25 Å². The summed E-state index contributed by atoms with van der Waals surface area (Å²) in [5.74, 6) is 1.43. The van der Waals surface area contributed by atoms with Crippen molar-refractivity contribution < 1.29 is 9.90 Å². The first kappa shape index (κ1) is 11.1. The van der Waals surface area contributed by atoms with Gasteiger partial charge in [-0.25, -0.2) is 9.67 Å². The number of hydrogen-bond donors (Lipinski definition) is 1. The van der Waals surface area contributed by atoms with E-state index in [4.69, 9.17) is 0 Å². The molecule has 2 unspecified atom stereocenters. The lowest BCUT2D eigenvalue weighted by molar-refractivity contribution is -0.139. The van der Waals surface area contributed by atoms with Gasteiger partial charge in [0.15, 0.2) is 5.82 Å². The summed E-state index contributed by atoms with van der Waals surface area (Å²) in [6.45, 7) is 0.809. The molecule has 1 N–H and O–H groups in total. The van der Waals surface area contributed by atoms with Crippen LogP contribution >= 0.6 is 11.8 Å². The number of thioether (sulfide) groups is 1. The van der Waals surface area contributed by atoms with E-state index in [9.17, 15) is 9.90 Å². The molecule has 0 radical (unpaired) electrons. The molecule has 2 atom stereocenters. The lowest BCUT2D eigenvalue weighted by atomic mass is 10.00. The first-order valence-corrected chi connectivity index (χ1v) is 7.09. The highest BCUT2D eigenvalue weighted by molar-refractivity contribution is 7.99. The standard InChI is InChI=1S/C11H15N3O2S/c15-11(16)7-3-1-5-14-10(7)12-9(13-14)8-4-2-6-17-8/h7-8H,1-6H2,(H,15,16). The minimum atomic E-state index is -0.774. The van der Waals surface area contributed by atoms with E-state index in [1.54, 1.807) is 4.68 Å². The van der Waals surface area contributed by atoms with Crippen molar-refractivity contribution in [2.75, 3.05) is 5.75 Å². The van der Waals surface area contributed by atoms with Gasteiger partial charge in [-0.15, -0.1) is 0 Å². The largest absolute Gasteiger partial charge is 0.481 e. The molecule has 1 aromatic rings. The van der Waals surface area contributed by atoms with Crippen LogP contribution < -0.4 is 0 Å². The predicted octanol–water partition coefficient (Wildman–Crippen LogP) is 1.81. The molecule has 1 saturated heterocycles. The first-order chi connectivity index (χ1) is 8.25. The SMILES string of the molecule is O=C(O)C1CCCn2nc(C3CCCS3)nc21. The number of hydrogen-bond acceptors (Lipinski definition) is 4. The lowest BCUT2D eigenvalue weighted by Gasteiger charge is -2.17. The number of fused-ring (bicyclic) bond motifs is 1. The van der Waals surface area contributed by atoms with E-state index in [1.165, 1.54) is 6.42 Å². The lowest BCUT2D eigenvalue weighted by Crippen LogP contribution is -2.22. The Hall–Kier alpha value is -1.04. The highest BCUT2D eigenvalue weighted by Gasteiger charge is 2.32. The van der Waals surface area contributed by atoms with Crippen molar-refractivity contribution >= 4 is 17.7 Å². The van der Waals surface area contributed by atoms with Crippen molar-refractivity contribution in [3.05, 3.63) is 11.6 Å². The third-order valence-corrected chi connectivity index (χ3v) is 4.78. The van der Waals surface area contributed by atoms with Gasteiger partial charge in [0.2, 0.25) is 0 Å². The first-order valence-electron chi connectivity index (χ1n) is 6.05. The molecule has 2 aliphatic heterocycles. The summed E-state index contributed by atoms with van der Waals surface area (Å²) in [5.41, 5.74) is 0. The number of nitrogens with zero attached hydrogens (tertiary/aromatic N) is 3. The number of aromatic nitrogens is 3. The van der Waals surface area contributed by atoms with Gasteiger partial charge in [0, 0.05) is 6.54 Å². The van der Waals surface area contributed by atoms with E-state index < -0.39 is 11.9 Å². The van der Waals surface area contributed by atoms with Gasteiger partial charge in [-0.05, 0) is 31.4 Å². The van der Waals surface area contributed by atoms with Crippen molar-refractivity contribution in [1.82, 2.24) is 14.8 Å². The Kier molecular flexibility index (Phi) is 2.82. The Bertz CT molecular complexity index is 440. The van der Waals surface area contributed by atoms with E-state index in [0.29, 0.717) is 17.5 Å². The zero-order valence-electron chi connectivity index (χ0n) is 9.50. The monoisotopic (exact) mass is 253 g/mol. The molecule has 0 saturated carbocycles. The molecular weight excluding hydrogens is 238 g/mol. The molecule has 5 nitrogen and oxygen atoms in total. The zero-order valence-corrected chi connectivity index (χ0v) is 10.3. The maximum atomic E-state index is 11.2. The normalized spacial score (nSPS) is 28.0. The van der Waals surface area contributed by atoms with Crippen molar-refractivity contribution in [1.29, 1.82) is 0 Å². The van der Waals surface area contributed by atoms with Crippen LogP contribution in [0.25, 0.3) is 0 Å². The molecular formula is C11H15N3O2S. The van der Waals surface area contributed by atoms with E-state index in [1.807, 2.05) is 11.8 Å². The molecule has 92 valence electrons. The van der Waals surface area contributed by atoms with Crippen LogP contribution in [-0.2, 0) is 11.3 Å². The Balaban J connectivity index is 1.92. The van der Waals surface area contributed by atoms with Crippen molar-refractivity contribution in [3.8, 4) is 0 Å². The minimum Gasteiger partial charge on any atom is -0.481 e. The summed E-state index contributed by atoms with van der Waals surface area (Å²) in [6.07, 6.45) is 3.89. The molecule has 3 rings (SSSR count). The fraction of sp³-hybridized carbons (Fsp3) is 0.727. The van der Waals surface area contributed by atoms with Gasteiger partial charge >= 0.3 is 5.97 Å². The second-order valence-corrected chi connectivity index (χ2v) is 5.90. The number of carbonyl (C=O) groups is 1. The molecule has 0 aliphatic carbocycles. The molecule has 0 bridgehead atoms. The smallest absolute Gasteiger partial charge is 0.314 e. The van der Waals surface area contributed by atoms with Gasteiger partial charge in [-0.3, -0.25) is 4.79 Å². The molecule has 1 fully saturated rings. The van der Waals surface area contributed by atoms with Crippen molar-refractivity contribution in [2.24, 2.45) is 0 Å². The number of aliphatic carboxylic acids is 1. The quantitative estimate of drug-likeness (QED) is 0.870. The van der Waals surface area contributed by atoms with E-state index in [2.05, 4.69) is 10.1 Å². The summed E-state index contributed by atoms with van der Waals surface area (Å²) in [7, 11) is 0. The molecule has 0 spiro atoms. The van der Waals surface area contributed by atoms with E-state index >= 15 is 0 Å². The third kappa shape index (κ3) is 1.94. The molecule has 0 amide bonds. The van der Waals surface area contributed by atoms with Crippen LogP contribution in [0.15, 0.2) is 0 Å². The fourth-order valence-corrected chi connectivity index (χ4v) is 3.72. The highest BCUT2D eigenvalue weighted by atomic mass is 32.2. The summed E-state index contributed by atoms with van der Waals surface area (Å²) < 4.78 is 1.80. The zero-order chi connectivity index (χ0) is 11.8. The Morgan fingerprint density at radius 3 is 3.00 bits per heavy atom. The van der Waals surface area contributed by atoms with Gasteiger partial charge in [-0.1, -0.05) is 0 Å². The number of rotatable bonds is 2. The second-order valence-electron chi connectivity index (χ2n) is 4.59. The third-order valence-electron chi connectivity index (χ3n) is 3.41. The van der Waals surface area contributed by atoms with Crippen LogP contribution in [0.2, 0.25) is 0 Å². The Morgan fingerprint density at radius 2 is 2.29 bits per heavy atom. The van der Waals surface area contributed by atoms with Crippen LogP contribution in [0.5, 0.6) is 0 Å². The highest BCUT2D eigenvalue weighted by Crippen LogP contribution is 2.39. The molecule has 1 aromatic heterocycles. The minimum absolute atomic E-state index is 0.377. The molecule has 0 aromatic carbocycles. The number of carboxylic acids is 1. The van der Waals surface area contributed by atoms with Gasteiger partial charge in [-0.2, -0.15) is 16.9 Å². The van der Waals surface area contributed by atoms with Crippen LogP contribution in [0, 0.1) is 0 Å². The number of carboxylic acid groups (broad SMARTS) is 1. The van der Waals surface area contributed by atoms with Crippen LogP contribution in [0.1, 0.15) is 48.5 Å². The van der Waals surface area contributed by atoms with Gasteiger partial charge in [0.25, 0.3) is 0 Å². The van der Waals surface area contributed by atoms with Crippen molar-refractivity contribution in [2.45, 2.75) is 43.4 Å². The van der Waals surface area contributed by atoms with E-state index in [0.717, 1.165) is 31.0 Å². The van der Waals surface area contributed by atoms with Crippen LogP contribution in [0.3, 0.4) is 0 Å². The molecule has 3 heterocycles. The molecule has 17 heavy (non-hydrogen) atoms. The average molecular weight is 253 g/mol. The Labute approximate surface area is 104 Å². The van der Waals surface area contributed by atoms with Crippen LogP contribution in [0.4, 0.5) is 0 Å². The van der Waals surface area contributed by atoms with Gasteiger partial charge < -0.3 is 5.11 Å². The molecule has 6 heteroatoms. The topological polar surface area (TPSA) is 68.0 Å². The van der Waals surface area contributed by atoms with Crippen molar-refractivity contribution in [3.63, 3.8) is 0 Å². The second kappa shape index (κ2) is 4.33. The fourth-order valence-electron chi connectivity index (χ4n) is 2.52. The Morgan fingerprint density at radius 1 is 1.41 bits per heavy atom. The summed E-state index contributed by atoms with van der Waals surface area (Å²) in [6, 6.07) is 0. The number of aryl methyl sites for hydroxylation is 1. The maximum absolute atomic E-state index is 11.2. The summed E-state index contributed by atoms with van der Waals surface area (Å²) >= 11 is 1.88. The predicted molar refractivity (Wildman–Crippen MR) is 64.1 cm³/mol. The molecule has 2 aliphatic rings. The summed E-state index contributed by atoms with van der Waals surface area (Å²) in [5, 5.41) is 14.0. The average Bonchev–Trinajstić information content (AvgIpc) is 2.96. The van der Waals surface area contributed by atoms with E-state index in [-0.39, 0.29) is 0 Å². The summed E-state index contributed by atoms with van der Waals surface area (Å²) in [4.78, 5) is 15.6. The maximum Gasteiger partial charge on any atom is 0.314 e.